The number of amides is 1. The Bertz CT molecular complexity index is 886. The summed E-state index contributed by atoms with van der Waals surface area (Å²) in [6.07, 6.45) is 1.57. The van der Waals surface area contributed by atoms with E-state index in [1.165, 1.54) is 4.31 Å². The molecule has 0 radical (unpaired) electrons. The summed E-state index contributed by atoms with van der Waals surface area (Å²) in [6, 6.07) is 8.98. The second kappa shape index (κ2) is 8.24. The molecular weight excluding hydrogens is 366 g/mol. The highest BCUT2D eigenvalue weighted by molar-refractivity contribution is 7.89. The minimum absolute atomic E-state index is 0.0629. The van der Waals surface area contributed by atoms with E-state index in [4.69, 9.17) is 4.42 Å². The zero-order valence-corrected chi connectivity index (χ0v) is 16.5. The first-order chi connectivity index (χ1) is 12.9. The molecule has 8 heteroatoms. The molecule has 1 saturated heterocycles. The number of quaternary nitrogens is 1. The van der Waals surface area contributed by atoms with Crippen LogP contribution in [-0.2, 0) is 21.4 Å². The number of furan rings is 1. The molecule has 27 heavy (non-hydrogen) atoms. The Kier molecular flexibility index (Phi) is 5.98. The van der Waals surface area contributed by atoms with Crippen LogP contribution in [0.5, 0.6) is 0 Å². The van der Waals surface area contributed by atoms with Crippen LogP contribution in [0.1, 0.15) is 16.9 Å². The van der Waals surface area contributed by atoms with Gasteiger partial charge in [-0.2, -0.15) is 4.31 Å². The molecule has 1 aliphatic heterocycles. The molecule has 1 amide bonds. The quantitative estimate of drug-likeness (QED) is 0.731. The Balaban J connectivity index is 1.52. The van der Waals surface area contributed by atoms with Gasteiger partial charge in [-0.3, -0.25) is 4.79 Å². The maximum atomic E-state index is 12.9. The number of aryl methyl sites for hydroxylation is 2. The molecule has 146 valence electrons. The molecule has 2 N–H and O–H groups in total. The number of sulfonamides is 1. The molecule has 0 bridgehead atoms. The van der Waals surface area contributed by atoms with Gasteiger partial charge < -0.3 is 14.6 Å². The third-order valence-corrected chi connectivity index (χ3v) is 6.89. The zero-order valence-electron chi connectivity index (χ0n) is 15.7. The predicted molar refractivity (Wildman–Crippen MR) is 101 cm³/mol. The van der Waals surface area contributed by atoms with E-state index in [-0.39, 0.29) is 5.91 Å². The molecule has 0 aliphatic carbocycles. The number of hydrogen-bond acceptors (Lipinski definition) is 4. The Morgan fingerprint density at radius 3 is 2.59 bits per heavy atom. The Morgan fingerprint density at radius 1 is 1.22 bits per heavy atom. The SMILES string of the molecule is Cc1ccc(S(=O)(=O)N2CC[NH+](CC(=O)NCc3ccco3)CC2)c(C)c1. The van der Waals surface area contributed by atoms with Gasteiger partial charge >= 0.3 is 0 Å². The van der Waals surface area contributed by atoms with Gasteiger partial charge in [0.1, 0.15) is 5.76 Å². The van der Waals surface area contributed by atoms with Crippen LogP contribution in [0.4, 0.5) is 0 Å². The molecule has 1 fully saturated rings. The second-order valence-corrected chi connectivity index (χ2v) is 8.86. The first-order valence-corrected chi connectivity index (χ1v) is 10.5. The maximum Gasteiger partial charge on any atom is 0.275 e. The van der Waals surface area contributed by atoms with Crippen LogP contribution >= 0.6 is 0 Å². The van der Waals surface area contributed by atoms with Crippen LogP contribution in [-0.4, -0.2) is 51.4 Å². The normalized spacial score (nSPS) is 16.4. The first kappa shape index (κ1) is 19.6. The second-order valence-electron chi connectivity index (χ2n) is 6.96. The average molecular weight is 393 g/mol. The summed E-state index contributed by atoms with van der Waals surface area (Å²) < 4.78 is 32.5. The van der Waals surface area contributed by atoms with E-state index in [0.29, 0.717) is 49.9 Å². The van der Waals surface area contributed by atoms with Crippen molar-refractivity contribution >= 4 is 15.9 Å². The van der Waals surface area contributed by atoms with E-state index in [2.05, 4.69) is 5.32 Å². The Labute approximate surface area is 160 Å². The lowest BCUT2D eigenvalue weighted by atomic mass is 10.2. The van der Waals surface area contributed by atoms with E-state index in [1.807, 2.05) is 32.0 Å². The van der Waals surface area contributed by atoms with Gasteiger partial charge in [-0.15, -0.1) is 0 Å². The number of carbonyl (C=O) groups is 1. The summed E-state index contributed by atoms with van der Waals surface area (Å²) in [4.78, 5) is 13.5. The van der Waals surface area contributed by atoms with Crippen molar-refractivity contribution in [3.63, 3.8) is 0 Å². The lowest BCUT2D eigenvalue weighted by Crippen LogP contribution is -3.15. The predicted octanol–water partition coefficient (Wildman–Crippen LogP) is 0.102. The number of rotatable bonds is 6. The zero-order chi connectivity index (χ0) is 19.4. The standard InChI is InChI=1S/C19H25N3O4S/c1-15-5-6-18(16(2)12-15)27(24,25)22-9-7-21(8-10-22)14-19(23)20-13-17-4-3-11-26-17/h3-6,11-12H,7-10,13-14H2,1-2H3,(H,20,23)/p+1. The smallest absolute Gasteiger partial charge is 0.275 e. The number of piperazine rings is 1. The topological polar surface area (TPSA) is 84.1 Å². The highest BCUT2D eigenvalue weighted by Gasteiger charge is 2.31. The van der Waals surface area contributed by atoms with Gasteiger partial charge in [-0.25, -0.2) is 8.42 Å². The highest BCUT2D eigenvalue weighted by atomic mass is 32.2. The summed E-state index contributed by atoms with van der Waals surface area (Å²) >= 11 is 0. The lowest BCUT2D eigenvalue weighted by molar-refractivity contribution is -0.895. The third kappa shape index (κ3) is 4.77. The van der Waals surface area contributed by atoms with E-state index >= 15 is 0 Å². The van der Waals surface area contributed by atoms with Crippen LogP contribution in [0.3, 0.4) is 0 Å². The van der Waals surface area contributed by atoms with Crippen molar-refractivity contribution in [3.8, 4) is 0 Å². The van der Waals surface area contributed by atoms with Crippen molar-refractivity contribution in [2.45, 2.75) is 25.3 Å². The fourth-order valence-electron chi connectivity index (χ4n) is 3.34. The number of nitrogens with zero attached hydrogens (tertiary/aromatic N) is 1. The van der Waals surface area contributed by atoms with E-state index in [1.54, 1.807) is 18.4 Å². The maximum absolute atomic E-state index is 12.9. The third-order valence-electron chi connectivity index (χ3n) is 4.83. The van der Waals surface area contributed by atoms with Gasteiger partial charge in [0.05, 0.1) is 43.9 Å². The van der Waals surface area contributed by atoms with Crippen LogP contribution < -0.4 is 10.2 Å². The van der Waals surface area contributed by atoms with E-state index < -0.39 is 10.0 Å². The summed E-state index contributed by atoms with van der Waals surface area (Å²) in [7, 11) is -3.49. The summed E-state index contributed by atoms with van der Waals surface area (Å²) in [5.74, 6) is 0.648. The average Bonchev–Trinajstić information content (AvgIpc) is 3.14. The monoisotopic (exact) mass is 392 g/mol. The van der Waals surface area contributed by atoms with Crippen molar-refractivity contribution in [2.24, 2.45) is 0 Å². The molecule has 0 saturated carbocycles. The number of benzene rings is 1. The van der Waals surface area contributed by atoms with Gasteiger partial charge in [0.2, 0.25) is 10.0 Å². The van der Waals surface area contributed by atoms with E-state index in [0.717, 1.165) is 16.0 Å². The molecule has 2 aromatic rings. The van der Waals surface area contributed by atoms with Gasteiger partial charge in [0, 0.05) is 0 Å². The fraction of sp³-hybridized carbons (Fsp3) is 0.421. The van der Waals surface area contributed by atoms with Gasteiger partial charge in [0.15, 0.2) is 6.54 Å². The molecular formula is C19H26N3O4S+. The van der Waals surface area contributed by atoms with Crippen LogP contribution in [0, 0.1) is 13.8 Å². The number of hydrogen-bond donors (Lipinski definition) is 2. The Hall–Kier alpha value is -2.16. The highest BCUT2D eigenvalue weighted by Crippen LogP contribution is 2.20. The van der Waals surface area contributed by atoms with Gasteiger partial charge in [-0.1, -0.05) is 17.7 Å². The summed E-state index contributed by atoms with van der Waals surface area (Å²) in [6.45, 7) is 6.52. The number of carbonyl (C=O) groups excluding carboxylic acids is 1. The number of nitrogens with one attached hydrogen (secondary N) is 2. The lowest BCUT2D eigenvalue weighted by Gasteiger charge is -2.31. The van der Waals surface area contributed by atoms with Crippen molar-refractivity contribution < 1.29 is 22.5 Å². The molecule has 2 heterocycles. The molecule has 3 rings (SSSR count). The fourth-order valence-corrected chi connectivity index (χ4v) is 4.98. The van der Waals surface area contributed by atoms with Crippen molar-refractivity contribution in [3.05, 3.63) is 53.5 Å². The van der Waals surface area contributed by atoms with Gasteiger partial charge in [-0.05, 0) is 37.6 Å². The molecule has 7 nitrogen and oxygen atoms in total. The van der Waals surface area contributed by atoms with Crippen molar-refractivity contribution in [1.82, 2.24) is 9.62 Å². The van der Waals surface area contributed by atoms with Crippen LogP contribution in [0.15, 0.2) is 45.9 Å². The van der Waals surface area contributed by atoms with Crippen molar-refractivity contribution in [2.75, 3.05) is 32.7 Å². The largest absolute Gasteiger partial charge is 0.467 e. The molecule has 0 spiro atoms. The molecule has 0 unspecified atom stereocenters. The van der Waals surface area contributed by atoms with Crippen molar-refractivity contribution in [1.29, 1.82) is 0 Å². The van der Waals surface area contributed by atoms with Gasteiger partial charge in [0.25, 0.3) is 5.91 Å². The van der Waals surface area contributed by atoms with Crippen LogP contribution in [0.25, 0.3) is 0 Å². The molecule has 1 aromatic heterocycles. The van der Waals surface area contributed by atoms with E-state index in [9.17, 15) is 13.2 Å². The first-order valence-electron chi connectivity index (χ1n) is 9.06. The van der Waals surface area contributed by atoms with Crippen LogP contribution in [0.2, 0.25) is 0 Å². The molecule has 0 atom stereocenters. The summed E-state index contributed by atoms with van der Waals surface area (Å²) in [5, 5.41) is 2.83. The summed E-state index contributed by atoms with van der Waals surface area (Å²) in [5.41, 5.74) is 1.81. The minimum Gasteiger partial charge on any atom is -0.467 e. The molecule has 1 aromatic carbocycles. The minimum atomic E-state index is -3.49. The Morgan fingerprint density at radius 2 is 1.96 bits per heavy atom. The molecule has 1 aliphatic rings.